The molecule has 0 bridgehead atoms. The lowest BCUT2D eigenvalue weighted by Gasteiger charge is -2.10. The van der Waals surface area contributed by atoms with Gasteiger partial charge < -0.3 is 10.6 Å². The number of carbonyl (C=O) groups excluding carboxylic acids is 1. The zero-order chi connectivity index (χ0) is 17.6. The lowest BCUT2D eigenvalue weighted by Crippen LogP contribution is -2.34. The van der Waals surface area contributed by atoms with Crippen molar-refractivity contribution < 1.29 is 4.79 Å². The van der Waals surface area contributed by atoms with E-state index < -0.39 is 6.03 Å². The fraction of sp³-hybridized carbons (Fsp3) is 0.294. The Kier molecular flexibility index (Phi) is 5.08. The number of aryl methyl sites for hydroxylation is 1. The van der Waals surface area contributed by atoms with E-state index >= 15 is 0 Å². The molecule has 0 aliphatic heterocycles. The minimum Gasteiger partial charge on any atom is -0.338 e. The van der Waals surface area contributed by atoms with E-state index in [1.165, 1.54) is 10.8 Å². The van der Waals surface area contributed by atoms with Crippen molar-refractivity contribution in [3.63, 3.8) is 0 Å². The van der Waals surface area contributed by atoms with Gasteiger partial charge in [-0.3, -0.25) is 9.89 Å². The third-order valence-electron chi connectivity index (χ3n) is 3.77. The first-order chi connectivity index (χ1) is 12.2. The maximum atomic E-state index is 12.5. The molecule has 0 unspecified atom stereocenters. The van der Waals surface area contributed by atoms with E-state index in [4.69, 9.17) is 0 Å². The summed E-state index contributed by atoms with van der Waals surface area (Å²) >= 11 is 0. The van der Waals surface area contributed by atoms with Crippen LogP contribution < -0.4 is 16.2 Å². The predicted octanol–water partition coefficient (Wildman–Crippen LogP) is 1.73. The normalized spacial score (nSPS) is 10.8. The summed E-state index contributed by atoms with van der Waals surface area (Å²) in [6.45, 7) is 2.46. The standard InChI is InChI=1S/C17H20N6O2/c1-2-6-13-14(15(24)23-16(21-13)19-11-20-23)22-17(25)18-10-9-12-7-4-3-5-8-12/h3-5,7-8,11H,2,6,9-10H2,1H3,(H2,18,22,25)(H,19,20,21). The number of hydrogen-bond donors (Lipinski definition) is 3. The highest BCUT2D eigenvalue weighted by atomic mass is 16.2. The Morgan fingerprint density at radius 3 is 2.80 bits per heavy atom. The summed E-state index contributed by atoms with van der Waals surface area (Å²) in [6, 6.07) is 9.44. The molecule has 3 rings (SSSR count). The van der Waals surface area contributed by atoms with Gasteiger partial charge in [-0.2, -0.15) is 4.52 Å². The van der Waals surface area contributed by atoms with E-state index in [-0.39, 0.29) is 11.2 Å². The molecule has 0 aliphatic rings. The predicted molar refractivity (Wildman–Crippen MR) is 94.8 cm³/mol. The summed E-state index contributed by atoms with van der Waals surface area (Å²) in [7, 11) is 0. The zero-order valence-electron chi connectivity index (χ0n) is 14.0. The molecule has 8 heteroatoms. The number of anilines is 1. The molecule has 3 N–H and O–H groups in total. The van der Waals surface area contributed by atoms with Gasteiger partial charge in [0.1, 0.15) is 12.0 Å². The average molecular weight is 340 g/mol. The van der Waals surface area contributed by atoms with Crippen molar-refractivity contribution >= 4 is 17.5 Å². The summed E-state index contributed by atoms with van der Waals surface area (Å²) in [5, 5.41) is 8.10. The number of aromatic amines is 1. The number of carbonyl (C=O) groups is 1. The topological polar surface area (TPSA) is 104 Å². The Balaban J connectivity index is 1.70. The average Bonchev–Trinajstić information content (AvgIpc) is 3.08. The van der Waals surface area contributed by atoms with Gasteiger partial charge in [0.15, 0.2) is 0 Å². The molecule has 0 aliphatic carbocycles. The molecule has 8 nitrogen and oxygen atoms in total. The number of rotatable bonds is 6. The second-order valence-electron chi connectivity index (χ2n) is 5.63. The molecule has 25 heavy (non-hydrogen) atoms. The monoisotopic (exact) mass is 340 g/mol. The van der Waals surface area contributed by atoms with Crippen LogP contribution in [0.5, 0.6) is 0 Å². The summed E-state index contributed by atoms with van der Waals surface area (Å²) < 4.78 is 1.21. The van der Waals surface area contributed by atoms with Gasteiger partial charge in [-0.15, -0.1) is 0 Å². The Hall–Kier alpha value is -3.16. The number of nitrogens with one attached hydrogen (secondary N) is 3. The molecular formula is C17H20N6O2. The molecule has 2 heterocycles. The number of fused-ring (bicyclic) bond motifs is 1. The van der Waals surface area contributed by atoms with E-state index in [0.29, 0.717) is 30.9 Å². The zero-order valence-corrected chi connectivity index (χ0v) is 14.0. The quantitative estimate of drug-likeness (QED) is 0.635. The van der Waals surface area contributed by atoms with Crippen molar-refractivity contribution in [1.29, 1.82) is 0 Å². The third-order valence-corrected chi connectivity index (χ3v) is 3.77. The molecule has 0 atom stereocenters. The van der Waals surface area contributed by atoms with Gasteiger partial charge in [0.25, 0.3) is 11.3 Å². The summed E-state index contributed by atoms with van der Waals surface area (Å²) in [6.07, 6.45) is 3.49. The molecule has 3 aromatic rings. The number of benzene rings is 1. The van der Waals surface area contributed by atoms with Gasteiger partial charge in [0, 0.05) is 6.54 Å². The minimum absolute atomic E-state index is 0.181. The molecule has 2 amide bonds. The first kappa shape index (κ1) is 16.7. The summed E-state index contributed by atoms with van der Waals surface area (Å²) in [5.74, 6) is 0.295. The molecule has 2 aromatic heterocycles. The second-order valence-corrected chi connectivity index (χ2v) is 5.63. The van der Waals surface area contributed by atoms with Crippen LogP contribution in [0, 0.1) is 0 Å². The molecular weight excluding hydrogens is 320 g/mol. The van der Waals surface area contributed by atoms with Crippen molar-refractivity contribution in [3.8, 4) is 0 Å². The molecule has 0 saturated heterocycles. The first-order valence-electron chi connectivity index (χ1n) is 8.23. The molecule has 1 aromatic carbocycles. The van der Waals surface area contributed by atoms with Crippen molar-refractivity contribution in [2.24, 2.45) is 0 Å². The molecule has 0 spiro atoms. The highest BCUT2D eigenvalue weighted by Gasteiger charge is 2.15. The minimum atomic E-state index is -0.424. The van der Waals surface area contributed by atoms with Gasteiger partial charge >= 0.3 is 6.03 Å². The van der Waals surface area contributed by atoms with Crippen LogP contribution in [-0.2, 0) is 12.8 Å². The number of H-pyrrole nitrogens is 1. The van der Waals surface area contributed by atoms with Crippen molar-refractivity contribution in [2.45, 2.75) is 26.2 Å². The largest absolute Gasteiger partial charge is 0.338 e. The van der Waals surface area contributed by atoms with Crippen LogP contribution in [0.25, 0.3) is 5.78 Å². The third kappa shape index (κ3) is 3.85. The van der Waals surface area contributed by atoms with E-state index in [9.17, 15) is 9.59 Å². The van der Waals surface area contributed by atoms with E-state index in [2.05, 4.69) is 25.7 Å². The fourth-order valence-electron chi connectivity index (χ4n) is 2.57. The maximum Gasteiger partial charge on any atom is 0.319 e. The number of nitrogens with zero attached hydrogens (tertiary/aromatic N) is 3. The van der Waals surface area contributed by atoms with E-state index in [0.717, 1.165) is 12.0 Å². The van der Waals surface area contributed by atoms with Gasteiger partial charge in [0.2, 0.25) is 0 Å². The number of aromatic nitrogens is 4. The second kappa shape index (κ2) is 7.61. The van der Waals surface area contributed by atoms with Crippen LogP contribution in [0.2, 0.25) is 0 Å². The van der Waals surface area contributed by atoms with Crippen molar-refractivity contribution in [3.05, 3.63) is 58.3 Å². The number of urea groups is 1. The van der Waals surface area contributed by atoms with Crippen LogP contribution in [0.1, 0.15) is 24.6 Å². The first-order valence-corrected chi connectivity index (χ1v) is 8.23. The number of hydrogen-bond acceptors (Lipinski definition) is 4. The van der Waals surface area contributed by atoms with Crippen LogP contribution in [0.15, 0.2) is 41.5 Å². The van der Waals surface area contributed by atoms with Crippen LogP contribution in [-0.4, -0.2) is 32.2 Å². The summed E-state index contributed by atoms with van der Waals surface area (Å²) in [4.78, 5) is 33.0. The van der Waals surface area contributed by atoms with E-state index in [1.807, 2.05) is 37.3 Å². The van der Waals surface area contributed by atoms with Crippen molar-refractivity contribution in [1.82, 2.24) is 24.9 Å². The van der Waals surface area contributed by atoms with E-state index in [1.54, 1.807) is 0 Å². The molecule has 0 fully saturated rings. The van der Waals surface area contributed by atoms with Crippen LogP contribution >= 0.6 is 0 Å². The lowest BCUT2D eigenvalue weighted by atomic mass is 10.1. The van der Waals surface area contributed by atoms with Crippen LogP contribution in [0.4, 0.5) is 10.5 Å². The van der Waals surface area contributed by atoms with Gasteiger partial charge in [-0.1, -0.05) is 43.7 Å². The smallest absolute Gasteiger partial charge is 0.319 e. The maximum absolute atomic E-state index is 12.5. The lowest BCUT2D eigenvalue weighted by molar-refractivity contribution is 0.252. The highest BCUT2D eigenvalue weighted by Crippen LogP contribution is 2.11. The van der Waals surface area contributed by atoms with Gasteiger partial charge in [-0.05, 0) is 18.4 Å². The van der Waals surface area contributed by atoms with Crippen molar-refractivity contribution in [2.75, 3.05) is 11.9 Å². The van der Waals surface area contributed by atoms with Crippen LogP contribution in [0.3, 0.4) is 0 Å². The Labute approximate surface area is 144 Å². The molecule has 130 valence electrons. The molecule has 0 radical (unpaired) electrons. The fourth-order valence-corrected chi connectivity index (χ4v) is 2.57. The Morgan fingerprint density at radius 2 is 2.04 bits per heavy atom. The van der Waals surface area contributed by atoms with Gasteiger partial charge in [0.05, 0.1) is 5.69 Å². The SMILES string of the molecule is CCCc1nc2nc[nH]n2c(=O)c1NC(=O)NCCc1ccccc1. The Morgan fingerprint density at radius 1 is 1.24 bits per heavy atom. The summed E-state index contributed by atoms with van der Waals surface area (Å²) in [5.41, 5.74) is 1.48. The number of amides is 2. The van der Waals surface area contributed by atoms with Gasteiger partial charge in [-0.25, -0.2) is 14.8 Å². The Bertz CT molecular complexity index is 916. The molecule has 0 saturated carbocycles. The highest BCUT2D eigenvalue weighted by molar-refractivity contribution is 5.89.